The maximum Gasteiger partial charge on any atom is 0.289 e. The molecule has 2 saturated heterocycles. The molecule has 2 amide bonds. The smallest absolute Gasteiger partial charge is 0.289 e. The minimum Gasteiger partial charge on any atom is -0.459 e. The highest BCUT2D eigenvalue weighted by Crippen LogP contribution is 2.12. The Morgan fingerprint density at radius 2 is 1.90 bits per heavy atom. The van der Waals surface area contributed by atoms with E-state index in [0.717, 1.165) is 64.4 Å². The van der Waals surface area contributed by atoms with Crippen LogP contribution in [0, 0.1) is 0 Å². The van der Waals surface area contributed by atoms with E-state index >= 15 is 0 Å². The van der Waals surface area contributed by atoms with Gasteiger partial charge in [0.05, 0.1) is 6.26 Å². The lowest BCUT2D eigenvalue weighted by atomic mass is 10.2. The van der Waals surface area contributed by atoms with Gasteiger partial charge in [-0.05, 0) is 38.3 Å². The normalized spacial score (nSPS) is 18.1. The van der Waals surface area contributed by atoms with Crippen LogP contribution in [-0.4, -0.2) is 84.8 Å². The molecule has 0 atom stereocenters. The van der Waals surface area contributed by atoms with Gasteiger partial charge >= 0.3 is 0 Å². The number of nitrogens with one attached hydrogen (secondary N) is 1. The fourth-order valence-corrected chi connectivity index (χ4v) is 3.82. The molecule has 2 aliphatic heterocycles. The Morgan fingerprint density at radius 1 is 1.13 bits per heavy atom. The predicted molar refractivity (Wildman–Crippen MR) is 127 cm³/mol. The summed E-state index contributed by atoms with van der Waals surface area (Å²) < 4.78 is 5.22. The molecular formula is C21H34IN5O3. The minimum absolute atomic E-state index is 0. The third-order valence-corrected chi connectivity index (χ3v) is 5.45. The second-order valence-corrected chi connectivity index (χ2v) is 7.54. The van der Waals surface area contributed by atoms with Crippen molar-refractivity contribution >= 4 is 41.8 Å². The maximum absolute atomic E-state index is 12.4. The summed E-state index contributed by atoms with van der Waals surface area (Å²) in [6.45, 7) is 7.99. The van der Waals surface area contributed by atoms with Gasteiger partial charge in [0.25, 0.3) is 5.91 Å². The number of likely N-dealkylation sites (tertiary alicyclic amines) is 1. The van der Waals surface area contributed by atoms with Crippen molar-refractivity contribution < 1.29 is 14.0 Å². The van der Waals surface area contributed by atoms with Crippen molar-refractivity contribution in [3.8, 4) is 0 Å². The molecule has 1 N–H and O–H groups in total. The van der Waals surface area contributed by atoms with Gasteiger partial charge in [-0.3, -0.25) is 14.6 Å². The Balaban J connectivity index is 0.00000320. The number of carbonyl (C=O) groups is 2. The lowest BCUT2D eigenvalue weighted by Crippen LogP contribution is -2.53. The van der Waals surface area contributed by atoms with E-state index in [1.807, 2.05) is 9.80 Å². The second-order valence-electron chi connectivity index (χ2n) is 7.54. The van der Waals surface area contributed by atoms with Gasteiger partial charge in [0.15, 0.2) is 11.7 Å². The summed E-state index contributed by atoms with van der Waals surface area (Å²) in [7, 11) is 0. The summed E-state index contributed by atoms with van der Waals surface area (Å²) in [6.07, 6.45) is 6.37. The number of furan rings is 1. The van der Waals surface area contributed by atoms with Crippen LogP contribution >= 0.6 is 24.0 Å². The largest absolute Gasteiger partial charge is 0.459 e. The highest BCUT2D eigenvalue weighted by Gasteiger charge is 2.25. The van der Waals surface area contributed by atoms with Crippen LogP contribution in [0.3, 0.4) is 0 Å². The zero-order chi connectivity index (χ0) is 20.5. The van der Waals surface area contributed by atoms with Crippen LogP contribution in [0.4, 0.5) is 0 Å². The van der Waals surface area contributed by atoms with Crippen molar-refractivity contribution in [3.63, 3.8) is 0 Å². The number of amides is 2. The van der Waals surface area contributed by atoms with Crippen LogP contribution < -0.4 is 5.32 Å². The zero-order valence-electron chi connectivity index (χ0n) is 17.8. The number of rotatable bonds is 6. The number of hydrogen-bond donors (Lipinski definition) is 1. The second kappa shape index (κ2) is 12.8. The average Bonchev–Trinajstić information content (AvgIpc) is 3.20. The van der Waals surface area contributed by atoms with Gasteiger partial charge in [-0.2, -0.15) is 0 Å². The van der Waals surface area contributed by atoms with E-state index < -0.39 is 0 Å². The first-order valence-corrected chi connectivity index (χ1v) is 10.8. The molecule has 0 bridgehead atoms. The van der Waals surface area contributed by atoms with Crippen LogP contribution in [0.15, 0.2) is 27.8 Å². The Morgan fingerprint density at radius 3 is 2.60 bits per heavy atom. The average molecular weight is 531 g/mol. The summed E-state index contributed by atoms with van der Waals surface area (Å²) in [6, 6.07) is 3.44. The highest BCUT2D eigenvalue weighted by molar-refractivity contribution is 14.0. The molecule has 3 heterocycles. The Hall–Kier alpha value is -1.78. The lowest BCUT2D eigenvalue weighted by molar-refractivity contribution is -0.130. The van der Waals surface area contributed by atoms with Crippen LogP contribution in [0.1, 0.15) is 49.6 Å². The van der Waals surface area contributed by atoms with E-state index in [4.69, 9.17) is 9.41 Å². The van der Waals surface area contributed by atoms with E-state index in [1.165, 1.54) is 6.26 Å². The molecule has 0 spiro atoms. The number of guanidine groups is 1. The maximum atomic E-state index is 12.4. The summed E-state index contributed by atoms with van der Waals surface area (Å²) >= 11 is 0. The lowest BCUT2D eigenvalue weighted by Gasteiger charge is -2.36. The van der Waals surface area contributed by atoms with Crippen molar-refractivity contribution in [2.75, 3.05) is 52.4 Å². The van der Waals surface area contributed by atoms with Gasteiger partial charge in [-0.15, -0.1) is 24.0 Å². The fourth-order valence-electron chi connectivity index (χ4n) is 3.82. The monoisotopic (exact) mass is 531 g/mol. The van der Waals surface area contributed by atoms with Gasteiger partial charge < -0.3 is 24.4 Å². The molecule has 8 nitrogen and oxygen atoms in total. The molecule has 30 heavy (non-hydrogen) atoms. The van der Waals surface area contributed by atoms with Crippen molar-refractivity contribution in [1.29, 1.82) is 0 Å². The van der Waals surface area contributed by atoms with E-state index in [2.05, 4.69) is 17.1 Å². The van der Waals surface area contributed by atoms with Gasteiger partial charge in [0.1, 0.15) is 0 Å². The van der Waals surface area contributed by atoms with E-state index in [0.29, 0.717) is 31.8 Å². The third kappa shape index (κ3) is 6.88. The van der Waals surface area contributed by atoms with Crippen molar-refractivity contribution in [2.24, 2.45) is 4.99 Å². The van der Waals surface area contributed by atoms with E-state index in [-0.39, 0.29) is 35.8 Å². The van der Waals surface area contributed by atoms with Crippen molar-refractivity contribution in [3.05, 3.63) is 24.2 Å². The van der Waals surface area contributed by atoms with Crippen LogP contribution in [0.2, 0.25) is 0 Å². The van der Waals surface area contributed by atoms with Crippen LogP contribution in [0.5, 0.6) is 0 Å². The molecular weight excluding hydrogens is 497 g/mol. The molecule has 9 heteroatoms. The number of carbonyl (C=O) groups excluding carboxylic acids is 2. The number of piperazine rings is 1. The molecule has 0 radical (unpaired) electrons. The van der Waals surface area contributed by atoms with Gasteiger partial charge in [-0.25, -0.2) is 0 Å². The molecule has 2 aliphatic rings. The molecule has 1 aromatic heterocycles. The molecule has 3 rings (SSSR count). The number of nitrogens with zero attached hydrogens (tertiary/aromatic N) is 4. The number of aliphatic imine (C=N–C) groups is 1. The zero-order valence-corrected chi connectivity index (χ0v) is 20.2. The molecule has 168 valence electrons. The molecule has 0 saturated carbocycles. The fraction of sp³-hybridized carbons (Fsp3) is 0.667. The molecule has 2 fully saturated rings. The standard InChI is InChI=1S/C21H33N5O3.HI/c1-2-22-21(23-10-7-12-24-11-5-3-4-9-19(24)27)26-15-13-25(14-16-26)20(28)18-8-6-17-29-18;/h6,8,17H,2-5,7,9-16H2,1H3,(H,22,23);1H. The molecule has 0 unspecified atom stereocenters. The van der Waals surface area contributed by atoms with Crippen LogP contribution in [0.25, 0.3) is 0 Å². The van der Waals surface area contributed by atoms with Crippen LogP contribution in [-0.2, 0) is 4.79 Å². The molecule has 0 aromatic carbocycles. The first kappa shape index (κ1) is 24.5. The first-order valence-electron chi connectivity index (χ1n) is 10.8. The van der Waals surface area contributed by atoms with Gasteiger partial charge in [0.2, 0.25) is 5.91 Å². The molecule has 1 aromatic rings. The summed E-state index contributed by atoms with van der Waals surface area (Å²) in [4.78, 5) is 35.3. The highest BCUT2D eigenvalue weighted by atomic mass is 127. The SMILES string of the molecule is CCNC(=NCCCN1CCCCCC1=O)N1CCN(C(=O)c2ccco2)CC1.I. The topological polar surface area (TPSA) is 81.4 Å². The van der Waals surface area contributed by atoms with Crippen molar-refractivity contribution in [1.82, 2.24) is 20.0 Å². The quantitative estimate of drug-likeness (QED) is 0.264. The summed E-state index contributed by atoms with van der Waals surface area (Å²) in [5, 5.41) is 3.35. The van der Waals surface area contributed by atoms with Crippen molar-refractivity contribution in [2.45, 2.75) is 39.0 Å². The summed E-state index contributed by atoms with van der Waals surface area (Å²) in [5.41, 5.74) is 0. The summed E-state index contributed by atoms with van der Waals surface area (Å²) in [5.74, 6) is 1.51. The number of hydrogen-bond acceptors (Lipinski definition) is 4. The predicted octanol–water partition coefficient (Wildman–Crippen LogP) is 2.41. The Labute approximate surface area is 196 Å². The molecule has 0 aliphatic carbocycles. The minimum atomic E-state index is -0.0568. The Kier molecular flexibility index (Phi) is 10.5. The first-order chi connectivity index (χ1) is 14.2. The van der Waals surface area contributed by atoms with Gasteiger partial charge in [0, 0.05) is 58.8 Å². The van der Waals surface area contributed by atoms with Gasteiger partial charge in [-0.1, -0.05) is 6.42 Å². The van der Waals surface area contributed by atoms with E-state index in [9.17, 15) is 9.59 Å². The third-order valence-electron chi connectivity index (χ3n) is 5.45. The van der Waals surface area contributed by atoms with E-state index in [1.54, 1.807) is 12.1 Å². The Bertz CT molecular complexity index is 687. The number of halogens is 1.